The van der Waals surface area contributed by atoms with Crippen molar-refractivity contribution in [1.82, 2.24) is 14.8 Å². The number of hydrogen-bond donors (Lipinski definition) is 2. The molecule has 0 saturated heterocycles. The average Bonchev–Trinajstić information content (AvgIpc) is 2.77. The number of rotatable bonds is 5. The molecule has 2 aromatic rings. The largest absolute Gasteiger partial charge is 0.368 e. The van der Waals surface area contributed by atoms with E-state index < -0.39 is 11.6 Å². The van der Waals surface area contributed by atoms with Gasteiger partial charge in [-0.15, -0.1) is 0 Å². The normalized spacial score (nSPS) is 10.5. The van der Waals surface area contributed by atoms with Gasteiger partial charge in [-0.05, 0) is 6.92 Å². The van der Waals surface area contributed by atoms with Gasteiger partial charge in [-0.3, -0.25) is 4.68 Å². The molecule has 0 aliphatic heterocycles. The molecule has 0 atom stereocenters. The second kappa shape index (κ2) is 5.64. The fourth-order valence-corrected chi connectivity index (χ4v) is 1.63. The van der Waals surface area contributed by atoms with Crippen LogP contribution in [0.15, 0.2) is 18.5 Å². The standard InChI is InChI=1S/C12H15F2N5/c1-3-15-11-9(13)4-10(14)12(18-11)16-5-8-6-17-19(2)7-8/h4,6-7H,3,5H2,1-2H3,(H2,15,16,18). The van der Waals surface area contributed by atoms with Crippen molar-refractivity contribution in [1.29, 1.82) is 0 Å². The molecule has 19 heavy (non-hydrogen) atoms. The zero-order chi connectivity index (χ0) is 13.8. The van der Waals surface area contributed by atoms with Gasteiger partial charge < -0.3 is 10.6 Å². The lowest BCUT2D eigenvalue weighted by molar-refractivity contribution is 0.578. The van der Waals surface area contributed by atoms with Gasteiger partial charge >= 0.3 is 0 Å². The van der Waals surface area contributed by atoms with E-state index >= 15 is 0 Å². The van der Waals surface area contributed by atoms with Gasteiger partial charge in [0.15, 0.2) is 23.3 Å². The fraction of sp³-hybridized carbons (Fsp3) is 0.333. The maximum absolute atomic E-state index is 13.6. The summed E-state index contributed by atoms with van der Waals surface area (Å²) in [6, 6.07) is 0.816. The van der Waals surface area contributed by atoms with E-state index in [9.17, 15) is 8.78 Å². The molecule has 0 aromatic carbocycles. The van der Waals surface area contributed by atoms with Gasteiger partial charge in [0.1, 0.15) is 0 Å². The van der Waals surface area contributed by atoms with Crippen LogP contribution in [0.2, 0.25) is 0 Å². The van der Waals surface area contributed by atoms with E-state index in [1.807, 2.05) is 6.92 Å². The first-order valence-electron chi connectivity index (χ1n) is 5.91. The first-order valence-corrected chi connectivity index (χ1v) is 5.91. The zero-order valence-electron chi connectivity index (χ0n) is 10.7. The summed E-state index contributed by atoms with van der Waals surface area (Å²) < 4.78 is 28.6. The van der Waals surface area contributed by atoms with Crippen LogP contribution in [-0.4, -0.2) is 21.3 Å². The lowest BCUT2D eigenvalue weighted by Gasteiger charge is -2.09. The molecule has 0 amide bonds. The van der Waals surface area contributed by atoms with Crippen molar-refractivity contribution in [3.63, 3.8) is 0 Å². The van der Waals surface area contributed by atoms with Crippen LogP contribution < -0.4 is 10.6 Å². The van der Waals surface area contributed by atoms with E-state index in [0.29, 0.717) is 13.1 Å². The number of aryl methyl sites for hydroxylation is 1. The summed E-state index contributed by atoms with van der Waals surface area (Å²) in [7, 11) is 1.80. The van der Waals surface area contributed by atoms with Crippen molar-refractivity contribution < 1.29 is 8.78 Å². The summed E-state index contributed by atoms with van der Waals surface area (Å²) in [6.07, 6.45) is 3.47. The third-order valence-electron chi connectivity index (χ3n) is 2.49. The Morgan fingerprint density at radius 2 is 1.89 bits per heavy atom. The number of aromatic nitrogens is 3. The molecule has 7 heteroatoms. The van der Waals surface area contributed by atoms with Crippen molar-refractivity contribution in [2.45, 2.75) is 13.5 Å². The third-order valence-corrected chi connectivity index (χ3v) is 2.49. The predicted octanol–water partition coefficient (Wildman–Crippen LogP) is 2.14. The van der Waals surface area contributed by atoms with Gasteiger partial charge in [0.05, 0.1) is 6.20 Å². The smallest absolute Gasteiger partial charge is 0.168 e. The molecule has 2 aromatic heterocycles. The van der Waals surface area contributed by atoms with Crippen molar-refractivity contribution in [2.24, 2.45) is 7.05 Å². The highest BCUT2D eigenvalue weighted by molar-refractivity contribution is 5.47. The minimum absolute atomic E-state index is 0.0150. The molecule has 0 aliphatic carbocycles. The molecule has 0 aliphatic rings. The Labute approximate surface area is 109 Å². The Hall–Kier alpha value is -2.18. The minimum atomic E-state index is -0.719. The Balaban J connectivity index is 2.13. The van der Waals surface area contributed by atoms with Crippen LogP contribution in [0.25, 0.3) is 0 Å². The van der Waals surface area contributed by atoms with Crippen LogP contribution in [0.4, 0.5) is 20.4 Å². The summed E-state index contributed by atoms with van der Waals surface area (Å²) in [4.78, 5) is 3.88. The van der Waals surface area contributed by atoms with Gasteiger partial charge in [0.25, 0.3) is 0 Å². The maximum Gasteiger partial charge on any atom is 0.168 e. The van der Waals surface area contributed by atoms with Crippen molar-refractivity contribution >= 4 is 11.6 Å². The number of pyridine rings is 1. The second-order valence-corrected chi connectivity index (χ2v) is 4.06. The zero-order valence-corrected chi connectivity index (χ0v) is 10.7. The first-order chi connectivity index (χ1) is 9.10. The Kier molecular flexibility index (Phi) is 3.94. The summed E-state index contributed by atoms with van der Waals surface area (Å²) in [5.74, 6) is -1.37. The summed E-state index contributed by atoms with van der Waals surface area (Å²) in [5.41, 5.74) is 0.887. The number of anilines is 2. The highest BCUT2D eigenvalue weighted by atomic mass is 19.1. The minimum Gasteiger partial charge on any atom is -0.368 e. The SMILES string of the molecule is CCNc1nc(NCc2cnn(C)c2)c(F)cc1F. The highest BCUT2D eigenvalue weighted by Gasteiger charge is 2.11. The molecule has 2 rings (SSSR count). The Bertz CT molecular complexity index is 567. The van der Waals surface area contributed by atoms with Crippen LogP contribution in [0.3, 0.4) is 0 Å². The maximum atomic E-state index is 13.6. The number of nitrogens with one attached hydrogen (secondary N) is 2. The lowest BCUT2D eigenvalue weighted by atomic mass is 10.3. The van der Waals surface area contributed by atoms with Crippen LogP contribution >= 0.6 is 0 Å². The first kappa shape index (κ1) is 13.3. The average molecular weight is 267 g/mol. The molecule has 0 spiro atoms. The fourth-order valence-electron chi connectivity index (χ4n) is 1.63. The van der Waals surface area contributed by atoms with Crippen LogP contribution in [0.5, 0.6) is 0 Å². The Morgan fingerprint density at radius 3 is 2.47 bits per heavy atom. The third kappa shape index (κ3) is 3.18. The molecule has 0 unspecified atom stereocenters. The van der Waals surface area contributed by atoms with Crippen LogP contribution in [-0.2, 0) is 13.6 Å². The number of halogens is 2. The summed E-state index contributed by atoms with van der Waals surface area (Å²) >= 11 is 0. The van der Waals surface area contributed by atoms with E-state index in [0.717, 1.165) is 11.6 Å². The van der Waals surface area contributed by atoms with Gasteiger partial charge in [-0.25, -0.2) is 13.8 Å². The van der Waals surface area contributed by atoms with Gasteiger partial charge in [-0.2, -0.15) is 5.10 Å². The Morgan fingerprint density at radius 1 is 1.21 bits per heavy atom. The van der Waals surface area contributed by atoms with E-state index in [1.54, 1.807) is 24.1 Å². The van der Waals surface area contributed by atoms with Gasteiger partial charge in [0, 0.05) is 38.0 Å². The molecule has 0 radical (unpaired) electrons. The number of hydrogen-bond acceptors (Lipinski definition) is 4. The van der Waals surface area contributed by atoms with E-state index in [-0.39, 0.29) is 11.6 Å². The molecule has 102 valence electrons. The van der Waals surface area contributed by atoms with Crippen LogP contribution in [0.1, 0.15) is 12.5 Å². The molecule has 0 fully saturated rings. The molecule has 2 N–H and O–H groups in total. The van der Waals surface area contributed by atoms with Crippen LogP contribution in [0, 0.1) is 11.6 Å². The molecule has 0 saturated carbocycles. The van der Waals surface area contributed by atoms with E-state index in [4.69, 9.17) is 0 Å². The van der Waals surface area contributed by atoms with Crippen molar-refractivity contribution in [3.8, 4) is 0 Å². The topological polar surface area (TPSA) is 54.8 Å². The van der Waals surface area contributed by atoms with Gasteiger partial charge in [0.2, 0.25) is 0 Å². The van der Waals surface area contributed by atoms with Crippen molar-refractivity contribution in [3.05, 3.63) is 35.7 Å². The second-order valence-electron chi connectivity index (χ2n) is 4.06. The quantitative estimate of drug-likeness (QED) is 0.871. The molecule has 5 nitrogen and oxygen atoms in total. The van der Waals surface area contributed by atoms with E-state index in [1.165, 1.54) is 0 Å². The van der Waals surface area contributed by atoms with E-state index in [2.05, 4.69) is 20.7 Å². The predicted molar refractivity (Wildman–Crippen MR) is 68.9 cm³/mol. The molecular formula is C12H15F2N5. The molecule has 2 heterocycles. The highest BCUT2D eigenvalue weighted by Crippen LogP contribution is 2.19. The monoisotopic (exact) mass is 267 g/mol. The summed E-state index contributed by atoms with van der Waals surface area (Å²) in [6.45, 7) is 2.69. The molecular weight excluding hydrogens is 252 g/mol. The lowest BCUT2D eigenvalue weighted by Crippen LogP contribution is -2.08. The van der Waals surface area contributed by atoms with Crippen molar-refractivity contribution in [2.75, 3.05) is 17.2 Å². The van der Waals surface area contributed by atoms with Gasteiger partial charge in [-0.1, -0.05) is 0 Å². The number of nitrogens with zero attached hydrogens (tertiary/aromatic N) is 3. The summed E-state index contributed by atoms with van der Waals surface area (Å²) in [5, 5.41) is 9.56. The molecule has 0 bridgehead atoms.